The highest BCUT2D eigenvalue weighted by molar-refractivity contribution is 5.93. The molecule has 2 aromatic rings. The Kier molecular flexibility index (Phi) is 3.75. The molecule has 1 amide bonds. The monoisotopic (exact) mass is 288 g/mol. The van der Waals surface area contributed by atoms with Gasteiger partial charge in [0.1, 0.15) is 5.82 Å². The van der Waals surface area contributed by atoms with Crippen LogP contribution in [0.1, 0.15) is 27.7 Å². The maximum Gasteiger partial charge on any atom is 0.289 e. The molecule has 1 atom stereocenters. The summed E-state index contributed by atoms with van der Waals surface area (Å²) in [5, 5.41) is 3.32. The lowest BCUT2D eigenvalue weighted by molar-refractivity contribution is 0.0669. The Hall–Kier alpha value is -2.14. The summed E-state index contributed by atoms with van der Waals surface area (Å²) >= 11 is 0. The molecule has 0 radical (unpaired) electrons. The van der Waals surface area contributed by atoms with Crippen molar-refractivity contribution < 1.29 is 13.6 Å². The van der Waals surface area contributed by atoms with Crippen molar-refractivity contribution in [3.8, 4) is 0 Å². The number of benzene rings is 1. The Morgan fingerprint density at radius 1 is 1.43 bits per heavy atom. The van der Waals surface area contributed by atoms with E-state index < -0.39 is 0 Å². The van der Waals surface area contributed by atoms with Gasteiger partial charge in [0.2, 0.25) is 0 Å². The van der Waals surface area contributed by atoms with E-state index in [1.807, 2.05) is 13.0 Å². The first-order valence-corrected chi connectivity index (χ1v) is 6.97. The highest BCUT2D eigenvalue weighted by Crippen LogP contribution is 2.20. The van der Waals surface area contributed by atoms with Gasteiger partial charge in [-0.3, -0.25) is 4.79 Å². The van der Waals surface area contributed by atoms with Crippen LogP contribution in [0.15, 0.2) is 41.0 Å². The van der Waals surface area contributed by atoms with Crippen LogP contribution in [0.3, 0.4) is 0 Å². The van der Waals surface area contributed by atoms with Gasteiger partial charge in [-0.05, 0) is 30.7 Å². The Bertz CT molecular complexity index is 653. The fourth-order valence-corrected chi connectivity index (χ4v) is 2.62. The zero-order valence-corrected chi connectivity index (χ0v) is 11.8. The Balaban J connectivity index is 1.77. The van der Waals surface area contributed by atoms with Crippen LogP contribution in [0.25, 0.3) is 0 Å². The molecule has 0 bridgehead atoms. The van der Waals surface area contributed by atoms with Gasteiger partial charge >= 0.3 is 0 Å². The van der Waals surface area contributed by atoms with Gasteiger partial charge in [0.25, 0.3) is 5.91 Å². The van der Waals surface area contributed by atoms with Crippen LogP contribution in [-0.4, -0.2) is 30.4 Å². The van der Waals surface area contributed by atoms with E-state index in [1.54, 1.807) is 17.0 Å². The molecule has 0 spiro atoms. The quantitative estimate of drug-likeness (QED) is 0.923. The Morgan fingerprint density at radius 3 is 3.00 bits per heavy atom. The maximum atomic E-state index is 13.3. The number of rotatable bonds is 2. The first-order chi connectivity index (χ1) is 10.1. The molecule has 0 saturated carbocycles. The van der Waals surface area contributed by atoms with Crippen molar-refractivity contribution in [1.82, 2.24) is 10.2 Å². The molecule has 0 unspecified atom stereocenters. The van der Waals surface area contributed by atoms with Gasteiger partial charge in [-0.25, -0.2) is 4.39 Å². The first kappa shape index (κ1) is 13.8. The van der Waals surface area contributed by atoms with Crippen molar-refractivity contribution in [2.75, 3.05) is 19.6 Å². The van der Waals surface area contributed by atoms with Crippen LogP contribution < -0.4 is 5.32 Å². The molecule has 2 heterocycles. The van der Waals surface area contributed by atoms with Crippen molar-refractivity contribution >= 4 is 5.91 Å². The van der Waals surface area contributed by atoms with Gasteiger partial charge in [-0.1, -0.05) is 12.1 Å². The lowest BCUT2D eigenvalue weighted by Gasteiger charge is -2.33. The molecule has 1 aromatic carbocycles. The predicted molar refractivity (Wildman–Crippen MR) is 76.5 cm³/mol. The number of furan rings is 1. The minimum Gasteiger partial charge on any atom is -0.459 e. The number of carbonyl (C=O) groups excluding carboxylic acids is 1. The van der Waals surface area contributed by atoms with Crippen LogP contribution in [0.4, 0.5) is 4.39 Å². The third-order valence-corrected chi connectivity index (χ3v) is 3.77. The number of carbonyl (C=O) groups is 1. The van der Waals surface area contributed by atoms with Gasteiger partial charge in [0, 0.05) is 25.2 Å². The molecule has 3 rings (SSSR count). The van der Waals surface area contributed by atoms with E-state index in [0.29, 0.717) is 25.4 Å². The summed E-state index contributed by atoms with van der Waals surface area (Å²) in [4.78, 5) is 14.2. The van der Waals surface area contributed by atoms with Gasteiger partial charge in [-0.15, -0.1) is 0 Å². The van der Waals surface area contributed by atoms with E-state index in [-0.39, 0.29) is 17.8 Å². The number of piperazine rings is 1. The summed E-state index contributed by atoms with van der Waals surface area (Å²) in [5.41, 5.74) is 1.68. The van der Waals surface area contributed by atoms with Crippen molar-refractivity contribution in [1.29, 1.82) is 0 Å². The molecule has 1 saturated heterocycles. The van der Waals surface area contributed by atoms with Gasteiger partial charge in [0.15, 0.2) is 5.76 Å². The average molecular weight is 288 g/mol. The normalized spacial score (nSPS) is 18.8. The van der Waals surface area contributed by atoms with Crippen molar-refractivity contribution in [3.05, 3.63) is 59.3 Å². The van der Waals surface area contributed by atoms with Crippen LogP contribution in [0, 0.1) is 12.7 Å². The number of nitrogens with zero attached hydrogens (tertiary/aromatic N) is 1. The molecule has 110 valence electrons. The topological polar surface area (TPSA) is 45.5 Å². The van der Waals surface area contributed by atoms with Crippen LogP contribution in [0.5, 0.6) is 0 Å². The van der Waals surface area contributed by atoms with Crippen molar-refractivity contribution in [2.24, 2.45) is 0 Å². The van der Waals surface area contributed by atoms with E-state index in [4.69, 9.17) is 4.42 Å². The maximum absolute atomic E-state index is 13.3. The van der Waals surface area contributed by atoms with Crippen LogP contribution in [-0.2, 0) is 0 Å². The fourth-order valence-electron chi connectivity index (χ4n) is 2.62. The summed E-state index contributed by atoms with van der Waals surface area (Å²) in [6.45, 7) is 3.64. The minimum absolute atomic E-state index is 0.0614. The third kappa shape index (κ3) is 2.83. The minimum atomic E-state index is -0.264. The Morgan fingerprint density at radius 2 is 2.29 bits per heavy atom. The molecule has 1 aliphatic rings. The summed E-state index contributed by atoms with van der Waals surface area (Å²) in [6.07, 6.45) is 1.52. The highest BCUT2D eigenvalue weighted by Gasteiger charge is 2.27. The SMILES string of the molecule is Cc1ccoc1C(=O)N1CCN[C@@H](c2cccc(F)c2)C1. The first-order valence-electron chi connectivity index (χ1n) is 6.97. The lowest BCUT2D eigenvalue weighted by Crippen LogP contribution is -2.48. The van der Waals surface area contributed by atoms with Gasteiger partial charge in [-0.2, -0.15) is 0 Å². The van der Waals surface area contributed by atoms with Gasteiger partial charge in [0.05, 0.1) is 12.3 Å². The average Bonchev–Trinajstić information content (AvgIpc) is 2.93. The zero-order chi connectivity index (χ0) is 14.8. The number of hydrogen-bond donors (Lipinski definition) is 1. The molecule has 21 heavy (non-hydrogen) atoms. The molecule has 1 fully saturated rings. The van der Waals surface area contributed by atoms with E-state index in [0.717, 1.165) is 11.1 Å². The van der Waals surface area contributed by atoms with Crippen molar-refractivity contribution in [3.63, 3.8) is 0 Å². The standard InChI is InChI=1S/C16H17FN2O2/c1-11-5-8-21-15(11)16(20)19-7-6-18-14(10-19)12-3-2-4-13(17)9-12/h2-5,8-9,14,18H,6-7,10H2,1H3/t14-/m1/s1. The summed E-state index contributed by atoms with van der Waals surface area (Å²) in [5.74, 6) is 0.00919. The lowest BCUT2D eigenvalue weighted by atomic mass is 10.0. The second-order valence-corrected chi connectivity index (χ2v) is 5.25. The number of hydrogen-bond acceptors (Lipinski definition) is 3. The molecule has 1 aliphatic heterocycles. The summed E-state index contributed by atoms with van der Waals surface area (Å²) in [6, 6.07) is 8.19. The molecule has 0 aliphatic carbocycles. The zero-order valence-electron chi connectivity index (χ0n) is 11.8. The van der Waals surface area contributed by atoms with E-state index in [9.17, 15) is 9.18 Å². The largest absolute Gasteiger partial charge is 0.459 e. The Labute approximate surface area is 122 Å². The van der Waals surface area contributed by atoms with E-state index in [1.165, 1.54) is 18.4 Å². The number of nitrogens with one attached hydrogen (secondary N) is 1. The number of aryl methyl sites for hydroxylation is 1. The van der Waals surface area contributed by atoms with Crippen LogP contribution in [0.2, 0.25) is 0 Å². The molecular formula is C16H17FN2O2. The molecule has 4 nitrogen and oxygen atoms in total. The van der Waals surface area contributed by atoms with Crippen LogP contribution >= 0.6 is 0 Å². The van der Waals surface area contributed by atoms with Gasteiger partial charge < -0.3 is 14.6 Å². The molecule has 5 heteroatoms. The smallest absolute Gasteiger partial charge is 0.289 e. The third-order valence-electron chi connectivity index (χ3n) is 3.77. The highest BCUT2D eigenvalue weighted by atomic mass is 19.1. The predicted octanol–water partition coefficient (Wildman–Crippen LogP) is 2.51. The number of halogens is 1. The molecular weight excluding hydrogens is 271 g/mol. The second kappa shape index (κ2) is 5.69. The van der Waals surface area contributed by atoms with E-state index >= 15 is 0 Å². The molecule has 1 aromatic heterocycles. The molecule has 1 N–H and O–H groups in total. The number of amides is 1. The van der Waals surface area contributed by atoms with E-state index in [2.05, 4.69) is 5.32 Å². The summed E-state index contributed by atoms with van der Waals surface area (Å²) in [7, 11) is 0. The second-order valence-electron chi connectivity index (χ2n) is 5.25. The summed E-state index contributed by atoms with van der Waals surface area (Å²) < 4.78 is 18.6. The van der Waals surface area contributed by atoms with Crippen molar-refractivity contribution in [2.45, 2.75) is 13.0 Å². The fraction of sp³-hybridized carbons (Fsp3) is 0.312.